The van der Waals surface area contributed by atoms with Gasteiger partial charge in [-0.05, 0) is 52.2 Å². The number of nitrogens with one attached hydrogen (secondary N) is 2. The van der Waals surface area contributed by atoms with E-state index in [4.69, 9.17) is 0 Å². The summed E-state index contributed by atoms with van der Waals surface area (Å²) in [6, 6.07) is 11.8. The van der Waals surface area contributed by atoms with Gasteiger partial charge in [0.2, 0.25) is 5.95 Å². The summed E-state index contributed by atoms with van der Waals surface area (Å²) in [5.41, 5.74) is 1.85. The van der Waals surface area contributed by atoms with Crippen molar-refractivity contribution in [3.05, 3.63) is 59.0 Å². The van der Waals surface area contributed by atoms with Gasteiger partial charge in [0.15, 0.2) is 0 Å². The lowest BCUT2D eigenvalue weighted by molar-refractivity contribution is 0.248. The van der Waals surface area contributed by atoms with Gasteiger partial charge in [0, 0.05) is 18.0 Å². The Kier molecular flexibility index (Phi) is 6.53. The summed E-state index contributed by atoms with van der Waals surface area (Å²) in [7, 11) is 0. The minimum Gasteiger partial charge on any atom is -0.394 e. The molecule has 3 N–H and O–H groups in total. The van der Waals surface area contributed by atoms with E-state index >= 15 is 0 Å². The highest BCUT2D eigenvalue weighted by Crippen LogP contribution is 2.25. The van der Waals surface area contributed by atoms with E-state index in [2.05, 4.69) is 41.5 Å². The van der Waals surface area contributed by atoms with Gasteiger partial charge in [0.25, 0.3) is 0 Å². The summed E-state index contributed by atoms with van der Waals surface area (Å²) in [6.45, 7) is 3.95. The maximum atomic E-state index is 13.8. The number of pyridine rings is 1. The van der Waals surface area contributed by atoms with Crippen LogP contribution in [-0.2, 0) is 0 Å². The molecule has 1 atom stereocenters. The molecule has 0 saturated heterocycles. The fourth-order valence-corrected chi connectivity index (χ4v) is 2.78. The SMILES string of the molecule is CC(C)[C@@H](CO)Nc1nc(Nc2ccc(Br)c(F)c2)cc(-c2ccccn2)n1. The monoisotopic (exact) mass is 445 g/mol. The van der Waals surface area contributed by atoms with E-state index in [0.717, 1.165) is 0 Å². The lowest BCUT2D eigenvalue weighted by Crippen LogP contribution is -2.30. The molecule has 0 aliphatic rings. The Bertz CT molecular complexity index is 939. The second-order valence-corrected chi connectivity index (χ2v) is 7.46. The summed E-state index contributed by atoms with van der Waals surface area (Å²) in [5.74, 6) is 0.655. The molecule has 6 nitrogen and oxygen atoms in total. The molecule has 2 aromatic heterocycles. The number of aliphatic hydroxyl groups excluding tert-OH is 1. The Morgan fingerprint density at radius 3 is 2.57 bits per heavy atom. The number of rotatable bonds is 7. The minimum atomic E-state index is -0.373. The molecule has 0 fully saturated rings. The van der Waals surface area contributed by atoms with Crippen molar-refractivity contribution in [1.82, 2.24) is 15.0 Å². The van der Waals surface area contributed by atoms with E-state index in [-0.39, 0.29) is 24.4 Å². The largest absolute Gasteiger partial charge is 0.394 e. The van der Waals surface area contributed by atoms with Gasteiger partial charge in [-0.2, -0.15) is 4.98 Å². The Balaban J connectivity index is 1.97. The van der Waals surface area contributed by atoms with Crippen LogP contribution >= 0.6 is 15.9 Å². The first kappa shape index (κ1) is 20.2. The molecule has 1 aromatic carbocycles. The van der Waals surface area contributed by atoms with Gasteiger partial charge in [-0.15, -0.1) is 0 Å². The van der Waals surface area contributed by atoms with Gasteiger partial charge in [-0.25, -0.2) is 9.37 Å². The van der Waals surface area contributed by atoms with Crippen molar-refractivity contribution in [2.24, 2.45) is 5.92 Å². The number of hydrogen-bond acceptors (Lipinski definition) is 6. The second kappa shape index (κ2) is 9.07. The van der Waals surface area contributed by atoms with Gasteiger partial charge in [0.05, 0.1) is 28.5 Å². The van der Waals surface area contributed by atoms with Crippen LogP contribution in [0.2, 0.25) is 0 Å². The predicted octanol–water partition coefficient (Wildman–Crippen LogP) is 4.61. The summed E-state index contributed by atoms with van der Waals surface area (Å²) >= 11 is 3.15. The van der Waals surface area contributed by atoms with Crippen LogP contribution in [0.5, 0.6) is 0 Å². The fraction of sp³-hybridized carbons (Fsp3) is 0.250. The normalized spacial score (nSPS) is 12.1. The Morgan fingerprint density at radius 2 is 1.93 bits per heavy atom. The van der Waals surface area contributed by atoms with E-state index in [1.807, 2.05) is 32.0 Å². The molecule has 0 amide bonds. The Hall–Kier alpha value is -2.58. The second-order valence-electron chi connectivity index (χ2n) is 6.61. The van der Waals surface area contributed by atoms with E-state index < -0.39 is 0 Å². The molecule has 0 saturated carbocycles. The smallest absolute Gasteiger partial charge is 0.225 e. The first-order chi connectivity index (χ1) is 13.5. The molecule has 3 rings (SSSR count). The van der Waals surface area contributed by atoms with E-state index in [0.29, 0.717) is 33.3 Å². The minimum absolute atomic E-state index is 0.0461. The summed E-state index contributed by atoms with van der Waals surface area (Å²) in [5, 5.41) is 15.9. The topological polar surface area (TPSA) is 83.0 Å². The van der Waals surface area contributed by atoms with Crippen molar-refractivity contribution in [3.63, 3.8) is 0 Å². The molecule has 8 heteroatoms. The average molecular weight is 446 g/mol. The third-order valence-electron chi connectivity index (χ3n) is 4.16. The number of anilines is 3. The fourth-order valence-electron chi connectivity index (χ4n) is 2.53. The molecule has 0 bridgehead atoms. The van der Waals surface area contributed by atoms with E-state index in [9.17, 15) is 9.50 Å². The number of benzene rings is 1. The van der Waals surface area contributed by atoms with Crippen LogP contribution in [0, 0.1) is 11.7 Å². The summed E-state index contributed by atoms with van der Waals surface area (Å²) in [6.07, 6.45) is 1.69. The third kappa shape index (κ3) is 5.02. The maximum absolute atomic E-state index is 13.8. The molecule has 2 heterocycles. The van der Waals surface area contributed by atoms with Crippen molar-refractivity contribution in [2.45, 2.75) is 19.9 Å². The molecule has 0 aliphatic heterocycles. The highest BCUT2D eigenvalue weighted by atomic mass is 79.9. The molecule has 0 unspecified atom stereocenters. The van der Waals surface area contributed by atoms with Crippen LogP contribution in [-0.4, -0.2) is 32.7 Å². The molecule has 0 spiro atoms. The molecular formula is C20H21BrFN5O. The predicted molar refractivity (Wildman–Crippen MR) is 112 cm³/mol. The Morgan fingerprint density at radius 1 is 1.11 bits per heavy atom. The lowest BCUT2D eigenvalue weighted by Gasteiger charge is -2.20. The van der Waals surface area contributed by atoms with Crippen molar-refractivity contribution < 1.29 is 9.50 Å². The molecule has 0 aliphatic carbocycles. The van der Waals surface area contributed by atoms with Crippen LogP contribution in [0.3, 0.4) is 0 Å². The first-order valence-electron chi connectivity index (χ1n) is 8.86. The third-order valence-corrected chi connectivity index (χ3v) is 4.80. The highest BCUT2D eigenvalue weighted by Gasteiger charge is 2.15. The van der Waals surface area contributed by atoms with Crippen LogP contribution in [0.25, 0.3) is 11.4 Å². The summed E-state index contributed by atoms with van der Waals surface area (Å²) in [4.78, 5) is 13.3. The quantitative estimate of drug-likeness (QED) is 0.492. The molecule has 0 radical (unpaired) electrons. The molecular weight excluding hydrogens is 425 g/mol. The van der Waals surface area contributed by atoms with Crippen LogP contribution < -0.4 is 10.6 Å². The molecule has 146 valence electrons. The van der Waals surface area contributed by atoms with Gasteiger partial charge >= 0.3 is 0 Å². The Labute approximate surface area is 171 Å². The summed E-state index contributed by atoms with van der Waals surface area (Å²) < 4.78 is 14.2. The van der Waals surface area contributed by atoms with Crippen LogP contribution in [0.4, 0.5) is 21.8 Å². The van der Waals surface area contributed by atoms with Gasteiger partial charge in [-0.3, -0.25) is 4.98 Å². The zero-order valence-corrected chi connectivity index (χ0v) is 17.1. The molecule has 3 aromatic rings. The van der Waals surface area contributed by atoms with Gasteiger partial charge in [0.1, 0.15) is 11.6 Å². The number of halogens is 2. The van der Waals surface area contributed by atoms with Crippen molar-refractivity contribution in [3.8, 4) is 11.4 Å². The number of nitrogens with zero attached hydrogens (tertiary/aromatic N) is 3. The van der Waals surface area contributed by atoms with Crippen LogP contribution in [0.1, 0.15) is 13.8 Å². The average Bonchev–Trinajstić information content (AvgIpc) is 2.69. The number of hydrogen-bond donors (Lipinski definition) is 3. The van der Waals surface area contributed by atoms with Crippen molar-refractivity contribution >= 4 is 33.4 Å². The van der Waals surface area contributed by atoms with Crippen LogP contribution in [0.15, 0.2) is 53.1 Å². The van der Waals surface area contributed by atoms with Crippen molar-refractivity contribution in [2.75, 3.05) is 17.2 Å². The maximum Gasteiger partial charge on any atom is 0.225 e. The number of aliphatic hydroxyl groups is 1. The number of aromatic nitrogens is 3. The first-order valence-corrected chi connectivity index (χ1v) is 9.65. The molecule has 28 heavy (non-hydrogen) atoms. The van der Waals surface area contributed by atoms with E-state index in [1.54, 1.807) is 24.4 Å². The van der Waals surface area contributed by atoms with E-state index in [1.165, 1.54) is 6.07 Å². The highest BCUT2D eigenvalue weighted by molar-refractivity contribution is 9.10. The zero-order chi connectivity index (χ0) is 20.1. The zero-order valence-electron chi connectivity index (χ0n) is 15.5. The van der Waals surface area contributed by atoms with Gasteiger partial charge < -0.3 is 15.7 Å². The standard InChI is InChI=1S/C20H21BrFN5O/c1-12(2)18(11-28)26-20-25-17(16-5-3-4-8-23-16)10-19(27-20)24-13-6-7-14(21)15(22)9-13/h3-10,12,18,28H,11H2,1-2H3,(H2,24,25,26,27)/t18-/m1/s1. The van der Waals surface area contributed by atoms with Gasteiger partial charge in [-0.1, -0.05) is 19.9 Å². The lowest BCUT2D eigenvalue weighted by atomic mass is 10.1. The van der Waals surface area contributed by atoms with Crippen molar-refractivity contribution in [1.29, 1.82) is 0 Å².